The Hall–Kier alpha value is -1.40. The Balaban J connectivity index is 1.99. The molecule has 0 radical (unpaired) electrons. The first-order valence-electron chi connectivity index (χ1n) is 8.17. The van der Waals surface area contributed by atoms with Crippen molar-refractivity contribution in [2.45, 2.75) is 45.3 Å². The van der Waals surface area contributed by atoms with E-state index in [0.717, 1.165) is 17.7 Å². The van der Waals surface area contributed by atoms with E-state index in [0.29, 0.717) is 6.54 Å². The molecule has 2 saturated heterocycles. The minimum absolute atomic E-state index is 0.00694. The molecule has 0 spiro atoms. The van der Waals surface area contributed by atoms with E-state index in [4.69, 9.17) is 0 Å². The van der Waals surface area contributed by atoms with Gasteiger partial charge in [0, 0.05) is 17.8 Å². The van der Waals surface area contributed by atoms with Crippen LogP contribution in [0.25, 0.3) is 0 Å². The Bertz CT molecular complexity index is 699. The third-order valence-electron chi connectivity index (χ3n) is 5.11. The van der Waals surface area contributed by atoms with Gasteiger partial charge in [0.25, 0.3) is 0 Å². The normalized spacial score (nSPS) is 28.7. The Morgan fingerprint density at radius 3 is 2.39 bits per heavy atom. The SMILES string of the molecule is CCC(C)N1CC(=O)N(c2ccc(C)cc2)[C@@H]2CS(=O)(=O)C[C@@H]21. The monoisotopic (exact) mass is 336 g/mol. The number of amides is 1. The predicted molar refractivity (Wildman–Crippen MR) is 91.4 cm³/mol. The third kappa shape index (κ3) is 3.02. The fourth-order valence-electron chi connectivity index (χ4n) is 3.67. The van der Waals surface area contributed by atoms with Crippen molar-refractivity contribution in [3.05, 3.63) is 29.8 Å². The van der Waals surface area contributed by atoms with Crippen LogP contribution in [-0.4, -0.2) is 55.4 Å². The van der Waals surface area contributed by atoms with Gasteiger partial charge >= 0.3 is 0 Å². The molecule has 5 nitrogen and oxygen atoms in total. The Morgan fingerprint density at radius 1 is 1.17 bits per heavy atom. The number of hydrogen-bond donors (Lipinski definition) is 0. The van der Waals surface area contributed by atoms with Crippen LogP contribution < -0.4 is 4.90 Å². The number of hydrogen-bond acceptors (Lipinski definition) is 4. The summed E-state index contributed by atoms with van der Waals surface area (Å²) in [5.74, 6) is 0.203. The molecule has 3 atom stereocenters. The van der Waals surface area contributed by atoms with Crippen LogP contribution >= 0.6 is 0 Å². The molecule has 1 amide bonds. The van der Waals surface area contributed by atoms with E-state index in [-0.39, 0.29) is 35.5 Å². The fraction of sp³-hybridized carbons (Fsp3) is 0.588. The number of aryl methyl sites for hydroxylation is 1. The van der Waals surface area contributed by atoms with Crippen molar-refractivity contribution in [1.29, 1.82) is 0 Å². The molecular weight excluding hydrogens is 312 g/mol. The maximum atomic E-state index is 12.8. The van der Waals surface area contributed by atoms with Crippen molar-refractivity contribution in [2.24, 2.45) is 0 Å². The Morgan fingerprint density at radius 2 is 1.78 bits per heavy atom. The van der Waals surface area contributed by atoms with E-state index in [9.17, 15) is 13.2 Å². The van der Waals surface area contributed by atoms with Gasteiger partial charge < -0.3 is 4.90 Å². The number of sulfone groups is 1. The molecule has 2 fully saturated rings. The number of carbonyl (C=O) groups is 1. The van der Waals surface area contributed by atoms with Crippen LogP contribution in [0.3, 0.4) is 0 Å². The second kappa shape index (κ2) is 5.91. The molecule has 0 bridgehead atoms. The first-order valence-corrected chi connectivity index (χ1v) is 9.99. The summed E-state index contributed by atoms with van der Waals surface area (Å²) in [7, 11) is -3.11. The quantitative estimate of drug-likeness (QED) is 0.841. The standard InChI is InChI=1S/C17H24N2O3S/c1-4-13(3)18-9-17(20)19(14-7-5-12(2)6-8-14)16-11-23(21,22)10-15(16)18/h5-8,13,15-16H,4,9-11H2,1-3H3/t13?,15-,16+/m0/s1. The van der Waals surface area contributed by atoms with Gasteiger partial charge in [0.15, 0.2) is 9.84 Å². The van der Waals surface area contributed by atoms with E-state index >= 15 is 0 Å². The Labute approximate surface area is 138 Å². The van der Waals surface area contributed by atoms with Crippen molar-refractivity contribution in [3.8, 4) is 0 Å². The summed E-state index contributed by atoms with van der Waals surface area (Å²) in [6.07, 6.45) is 0.904. The van der Waals surface area contributed by atoms with Crippen LogP contribution in [0.5, 0.6) is 0 Å². The van der Waals surface area contributed by atoms with Crippen molar-refractivity contribution in [3.63, 3.8) is 0 Å². The maximum absolute atomic E-state index is 12.8. The number of anilines is 1. The third-order valence-corrected chi connectivity index (χ3v) is 6.81. The number of piperazine rings is 1. The van der Waals surface area contributed by atoms with Crippen LogP contribution in [0.15, 0.2) is 24.3 Å². The van der Waals surface area contributed by atoms with Crippen molar-refractivity contribution in [2.75, 3.05) is 23.0 Å². The summed E-state index contributed by atoms with van der Waals surface area (Å²) in [6.45, 7) is 6.42. The smallest absolute Gasteiger partial charge is 0.241 e. The van der Waals surface area contributed by atoms with Gasteiger partial charge in [-0.05, 0) is 32.4 Å². The number of nitrogens with zero attached hydrogens (tertiary/aromatic N) is 2. The average molecular weight is 336 g/mol. The summed E-state index contributed by atoms with van der Waals surface area (Å²) >= 11 is 0. The zero-order chi connectivity index (χ0) is 16.8. The van der Waals surface area contributed by atoms with E-state index in [1.165, 1.54) is 0 Å². The lowest BCUT2D eigenvalue weighted by molar-refractivity contribution is -0.124. The second-order valence-corrected chi connectivity index (χ2v) is 8.89. The average Bonchev–Trinajstić information content (AvgIpc) is 2.82. The van der Waals surface area contributed by atoms with E-state index < -0.39 is 9.84 Å². The lowest BCUT2D eigenvalue weighted by atomic mass is 10.00. The van der Waals surface area contributed by atoms with Gasteiger partial charge in [-0.3, -0.25) is 9.69 Å². The second-order valence-electron chi connectivity index (χ2n) is 6.74. The fourth-order valence-corrected chi connectivity index (χ4v) is 5.63. The highest BCUT2D eigenvalue weighted by molar-refractivity contribution is 7.91. The van der Waals surface area contributed by atoms with Crippen molar-refractivity contribution in [1.82, 2.24) is 4.90 Å². The molecule has 1 aromatic carbocycles. The van der Waals surface area contributed by atoms with Crippen LogP contribution in [0, 0.1) is 6.92 Å². The van der Waals surface area contributed by atoms with Gasteiger partial charge in [-0.1, -0.05) is 24.6 Å². The van der Waals surface area contributed by atoms with Gasteiger partial charge in [0.1, 0.15) is 0 Å². The summed E-state index contributed by atoms with van der Waals surface area (Å²) < 4.78 is 24.5. The van der Waals surface area contributed by atoms with Gasteiger partial charge in [0.2, 0.25) is 5.91 Å². The van der Waals surface area contributed by atoms with Crippen molar-refractivity contribution >= 4 is 21.4 Å². The summed E-state index contributed by atoms with van der Waals surface area (Å²) in [5, 5.41) is 0. The van der Waals surface area contributed by atoms with Gasteiger partial charge in [-0.15, -0.1) is 0 Å². The summed E-state index contributed by atoms with van der Waals surface area (Å²) in [6, 6.07) is 7.57. The largest absolute Gasteiger partial charge is 0.306 e. The number of benzene rings is 1. The van der Waals surface area contributed by atoms with E-state index in [1.807, 2.05) is 31.2 Å². The molecule has 0 saturated carbocycles. The molecule has 2 aliphatic heterocycles. The molecular formula is C17H24N2O3S. The lowest BCUT2D eigenvalue weighted by Gasteiger charge is -2.45. The van der Waals surface area contributed by atoms with Crippen molar-refractivity contribution < 1.29 is 13.2 Å². The molecule has 23 heavy (non-hydrogen) atoms. The highest BCUT2D eigenvalue weighted by Crippen LogP contribution is 2.33. The highest BCUT2D eigenvalue weighted by Gasteiger charge is 2.50. The zero-order valence-electron chi connectivity index (χ0n) is 13.9. The summed E-state index contributed by atoms with van der Waals surface area (Å²) in [4.78, 5) is 16.6. The molecule has 1 aromatic rings. The molecule has 3 rings (SSSR count). The van der Waals surface area contributed by atoms with Gasteiger partial charge in [-0.25, -0.2) is 8.42 Å². The molecule has 2 aliphatic rings. The topological polar surface area (TPSA) is 57.7 Å². The molecule has 1 unspecified atom stereocenters. The van der Waals surface area contributed by atoms with Crippen LogP contribution in [0.1, 0.15) is 25.8 Å². The van der Waals surface area contributed by atoms with Gasteiger partial charge in [-0.2, -0.15) is 0 Å². The first kappa shape index (κ1) is 16.5. The highest BCUT2D eigenvalue weighted by atomic mass is 32.2. The zero-order valence-corrected chi connectivity index (χ0v) is 14.7. The van der Waals surface area contributed by atoms with Crippen LogP contribution in [-0.2, 0) is 14.6 Å². The molecule has 0 aromatic heterocycles. The molecule has 2 heterocycles. The summed E-state index contributed by atoms with van der Waals surface area (Å²) in [5.41, 5.74) is 1.92. The number of carbonyl (C=O) groups excluding carboxylic acids is 1. The van der Waals surface area contributed by atoms with E-state index in [1.54, 1.807) is 4.90 Å². The molecule has 126 valence electrons. The number of rotatable bonds is 3. The van der Waals surface area contributed by atoms with E-state index in [2.05, 4.69) is 18.7 Å². The van der Waals surface area contributed by atoms with Crippen LogP contribution in [0.2, 0.25) is 0 Å². The minimum atomic E-state index is -3.11. The van der Waals surface area contributed by atoms with Crippen LogP contribution in [0.4, 0.5) is 5.69 Å². The molecule has 6 heteroatoms. The first-order chi connectivity index (χ1) is 10.8. The van der Waals surface area contributed by atoms with Gasteiger partial charge in [0.05, 0.1) is 24.1 Å². The Kier molecular flexibility index (Phi) is 4.23. The maximum Gasteiger partial charge on any atom is 0.241 e. The predicted octanol–water partition coefficient (Wildman–Crippen LogP) is 1.61. The molecule has 0 N–H and O–H groups in total. The lowest BCUT2D eigenvalue weighted by Crippen LogP contribution is -2.63. The molecule has 0 aliphatic carbocycles. The number of fused-ring (bicyclic) bond motifs is 1. The minimum Gasteiger partial charge on any atom is -0.306 e.